The number of hydrogen-bond donors (Lipinski definition) is 1. The number of Topliss-reactive ketones (excluding diaryl/α,β-unsaturated/α-hetero) is 1. The standard InChI is InChI=1S/C14H18FNO2/c1-10(18)14-12(15)3-2-4-13(14)16-7-5-11(9-16)6-8-17/h2-4,11,17H,5-9H2,1H3/t11-/m1/s1. The van der Waals surface area contributed by atoms with E-state index in [1.165, 1.54) is 13.0 Å². The molecule has 0 bridgehead atoms. The summed E-state index contributed by atoms with van der Waals surface area (Å²) >= 11 is 0. The molecule has 18 heavy (non-hydrogen) atoms. The minimum Gasteiger partial charge on any atom is -0.396 e. The van der Waals surface area contributed by atoms with Crippen molar-refractivity contribution < 1.29 is 14.3 Å². The molecule has 0 radical (unpaired) electrons. The van der Waals surface area contributed by atoms with Crippen LogP contribution in [0, 0.1) is 11.7 Å². The average molecular weight is 251 g/mol. The second-order valence-corrected chi connectivity index (χ2v) is 4.80. The lowest BCUT2D eigenvalue weighted by Gasteiger charge is -2.21. The molecule has 4 heteroatoms. The molecule has 3 nitrogen and oxygen atoms in total. The zero-order valence-corrected chi connectivity index (χ0v) is 10.5. The van der Waals surface area contributed by atoms with Crippen LogP contribution in [0.2, 0.25) is 0 Å². The van der Waals surface area contributed by atoms with Crippen LogP contribution in [0.4, 0.5) is 10.1 Å². The monoisotopic (exact) mass is 251 g/mol. The Hall–Kier alpha value is -1.42. The SMILES string of the molecule is CC(=O)c1c(F)cccc1N1CC[C@H](CCO)C1. The molecule has 1 aliphatic rings. The Kier molecular flexibility index (Phi) is 3.97. The second kappa shape index (κ2) is 5.48. The highest BCUT2D eigenvalue weighted by Crippen LogP contribution is 2.30. The highest BCUT2D eigenvalue weighted by atomic mass is 19.1. The molecule has 1 aromatic rings. The van der Waals surface area contributed by atoms with Crippen LogP contribution >= 0.6 is 0 Å². The topological polar surface area (TPSA) is 40.5 Å². The lowest BCUT2D eigenvalue weighted by atomic mass is 10.1. The van der Waals surface area contributed by atoms with E-state index in [1.807, 2.05) is 4.90 Å². The Labute approximate surface area is 106 Å². The predicted octanol–water partition coefficient (Wildman–Crippen LogP) is 2.24. The summed E-state index contributed by atoms with van der Waals surface area (Å²) in [5.74, 6) is -0.266. The molecule has 1 aliphatic heterocycles. The smallest absolute Gasteiger partial charge is 0.164 e. The fourth-order valence-corrected chi connectivity index (χ4v) is 2.59. The summed E-state index contributed by atoms with van der Waals surface area (Å²) in [5.41, 5.74) is 0.866. The summed E-state index contributed by atoms with van der Waals surface area (Å²) in [6.07, 6.45) is 1.75. The third-order valence-electron chi connectivity index (χ3n) is 3.51. The van der Waals surface area contributed by atoms with E-state index in [4.69, 9.17) is 5.11 Å². The van der Waals surface area contributed by atoms with Gasteiger partial charge in [0, 0.05) is 19.7 Å². The summed E-state index contributed by atoms with van der Waals surface area (Å²) < 4.78 is 13.7. The van der Waals surface area contributed by atoms with Crippen molar-refractivity contribution in [1.82, 2.24) is 0 Å². The van der Waals surface area contributed by atoms with E-state index in [2.05, 4.69) is 0 Å². The second-order valence-electron chi connectivity index (χ2n) is 4.80. The van der Waals surface area contributed by atoms with Gasteiger partial charge in [0.25, 0.3) is 0 Å². The zero-order valence-electron chi connectivity index (χ0n) is 10.5. The predicted molar refractivity (Wildman–Crippen MR) is 68.4 cm³/mol. The molecule has 0 aliphatic carbocycles. The summed E-state index contributed by atoms with van der Waals surface area (Å²) in [4.78, 5) is 13.6. The molecule has 0 spiro atoms. The molecular formula is C14H18FNO2. The number of ketones is 1. The number of hydrogen-bond acceptors (Lipinski definition) is 3. The van der Waals surface area contributed by atoms with Crippen molar-refractivity contribution in [2.45, 2.75) is 19.8 Å². The molecule has 1 atom stereocenters. The molecule has 0 unspecified atom stereocenters. The third kappa shape index (κ3) is 2.53. The van der Waals surface area contributed by atoms with Crippen molar-refractivity contribution in [1.29, 1.82) is 0 Å². The number of anilines is 1. The van der Waals surface area contributed by atoms with Crippen molar-refractivity contribution in [3.63, 3.8) is 0 Å². The largest absolute Gasteiger partial charge is 0.396 e. The lowest BCUT2D eigenvalue weighted by molar-refractivity contribution is 0.101. The van der Waals surface area contributed by atoms with E-state index >= 15 is 0 Å². The fourth-order valence-electron chi connectivity index (χ4n) is 2.59. The summed E-state index contributed by atoms with van der Waals surface area (Å²) in [6.45, 7) is 3.17. The first-order valence-corrected chi connectivity index (χ1v) is 6.28. The first-order valence-electron chi connectivity index (χ1n) is 6.28. The van der Waals surface area contributed by atoms with Gasteiger partial charge in [0.2, 0.25) is 0 Å². The van der Waals surface area contributed by atoms with Gasteiger partial charge in [-0.3, -0.25) is 4.79 Å². The number of rotatable bonds is 4. The fraction of sp³-hybridized carbons (Fsp3) is 0.500. The van der Waals surface area contributed by atoms with Crippen LogP contribution in [0.1, 0.15) is 30.1 Å². The van der Waals surface area contributed by atoms with Crippen molar-refractivity contribution in [3.05, 3.63) is 29.6 Å². The maximum atomic E-state index is 13.7. The molecular weight excluding hydrogens is 233 g/mol. The highest BCUT2D eigenvalue weighted by Gasteiger charge is 2.25. The van der Waals surface area contributed by atoms with Crippen LogP contribution in [-0.2, 0) is 0 Å². The first-order chi connectivity index (χ1) is 8.63. The molecule has 1 fully saturated rings. The van der Waals surface area contributed by atoms with Gasteiger partial charge < -0.3 is 10.0 Å². The van der Waals surface area contributed by atoms with Gasteiger partial charge in [-0.05, 0) is 37.8 Å². The van der Waals surface area contributed by atoms with Crippen LogP contribution < -0.4 is 4.90 Å². The van der Waals surface area contributed by atoms with Gasteiger partial charge in [0.05, 0.1) is 11.3 Å². The minimum absolute atomic E-state index is 0.182. The number of carbonyl (C=O) groups excluding carboxylic acids is 1. The van der Waals surface area contributed by atoms with Crippen LogP contribution in [0.3, 0.4) is 0 Å². The van der Waals surface area contributed by atoms with Crippen LogP contribution in [0.5, 0.6) is 0 Å². The van der Waals surface area contributed by atoms with Crippen LogP contribution in [-0.4, -0.2) is 30.6 Å². The van der Waals surface area contributed by atoms with E-state index in [1.54, 1.807) is 12.1 Å². The highest BCUT2D eigenvalue weighted by molar-refractivity contribution is 6.00. The number of aliphatic hydroxyl groups is 1. The summed E-state index contributed by atoms with van der Waals surface area (Å²) in [6, 6.07) is 4.75. The summed E-state index contributed by atoms with van der Waals surface area (Å²) in [7, 11) is 0. The zero-order chi connectivity index (χ0) is 13.1. The Morgan fingerprint density at radius 1 is 1.56 bits per heavy atom. The Balaban J connectivity index is 2.24. The molecule has 0 aromatic heterocycles. The van der Waals surface area contributed by atoms with Gasteiger partial charge in [0.1, 0.15) is 5.82 Å². The van der Waals surface area contributed by atoms with E-state index < -0.39 is 5.82 Å². The lowest BCUT2D eigenvalue weighted by Crippen LogP contribution is -2.22. The molecule has 2 rings (SSSR count). The Morgan fingerprint density at radius 3 is 3.00 bits per heavy atom. The Morgan fingerprint density at radius 2 is 2.33 bits per heavy atom. The quantitative estimate of drug-likeness (QED) is 0.834. The van der Waals surface area contributed by atoms with Gasteiger partial charge in [0.15, 0.2) is 5.78 Å². The molecule has 1 aromatic carbocycles. The molecule has 1 heterocycles. The molecule has 0 amide bonds. The van der Waals surface area contributed by atoms with E-state index in [-0.39, 0.29) is 18.0 Å². The summed E-state index contributed by atoms with van der Waals surface area (Å²) in [5, 5.41) is 8.94. The third-order valence-corrected chi connectivity index (χ3v) is 3.51. The van der Waals surface area contributed by atoms with Crippen molar-refractivity contribution >= 4 is 11.5 Å². The van der Waals surface area contributed by atoms with E-state index in [0.717, 1.165) is 25.9 Å². The van der Waals surface area contributed by atoms with Gasteiger partial charge >= 0.3 is 0 Å². The molecule has 1 N–H and O–H groups in total. The Bertz CT molecular complexity index is 447. The van der Waals surface area contributed by atoms with Gasteiger partial charge in [-0.1, -0.05) is 6.07 Å². The van der Waals surface area contributed by atoms with Crippen LogP contribution in [0.25, 0.3) is 0 Å². The number of nitrogens with zero attached hydrogens (tertiary/aromatic N) is 1. The van der Waals surface area contributed by atoms with Gasteiger partial charge in [-0.2, -0.15) is 0 Å². The normalized spacial score (nSPS) is 19.3. The maximum absolute atomic E-state index is 13.7. The van der Waals surface area contributed by atoms with E-state index in [0.29, 0.717) is 11.6 Å². The molecule has 98 valence electrons. The minimum atomic E-state index is -0.453. The molecule has 0 saturated carbocycles. The van der Waals surface area contributed by atoms with Crippen molar-refractivity contribution in [3.8, 4) is 0 Å². The van der Waals surface area contributed by atoms with Crippen LogP contribution in [0.15, 0.2) is 18.2 Å². The number of benzene rings is 1. The van der Waals surface area contributed by atoms with Crippen molar-refractivity contribution in [2.75, 3.05) is 24.6 Å². The average Bonchev–Trinajstić information content (AvgIpc) is 2.77. The van der Waals surface area contributed by atoms with Gasteiger partial charge in [-0.15, -0.1) is 0 Å². The van der Waals surface area contributed by atoms with Crippen molar-refractivity contribution in [2.24, 2.45) is 5.92 Å². The molecule has 1 saturated heterocycles. The number of halogens is 1. The number of carbonyl (C=O) groups is 1. The maximum Gasteiger partial charge on any atom is 0.164 e. The van der Waals surface area contributed by atoms with Gasteiger partial charge in [-0.25, -0.2) is 4.39 Å². The van der Waals surface area contributed by atoms with E-state index in [9.17, 15) is 9.18 Å². The first kappa shape index (κ1) is 13.0. The number of aliphatic hydroxyl groups excluding tert-OH is 1.